The molecule has 0 aliphatic carbocycles. The lowest BCUT2D eigenvalue weighted by atomic mass is 10.2. The van der Waals surface area contributed by atoms with E-state index in [1.165, 1.54) is 5.69 Å². The van der Waals surface area contributed by atoms with Crippen molar-refractivity contribution in [2.75, 3.05) is 0 Å². The Morgan fingerprint density at radius 1 is 1.56 bits per heavy atom. The minimum atomic E-state index is 0.117. The van der Waals surface area contributed by atoms with Crippen LogP contribution in [-0.4, -0.2) is 20.8 Å². The van der Waals surface area contributed by atoms with Crippen molar-refractivity contribution in [3.63, 3.8) is 0 Å². The summed E-state index contributed by atoms with van der Waals surface area (Å²) in [4.78, 5) is 0. The number of rotatable bonds is 5. The van der Waals surface area contributed by atoms with Gasteiger partial charge in [0.1, 0.15) is 5.84 Å². The van der Waals surface area contributed by atoms with Crippen molar-refractivity contribution in [2.24, 2.45) is 10.9 Å². The number of nitrogens with zero attached hydrogens (tertiary/aromatic N) is 3. The summed E-state index contributed by atoms with van der Waals surface area (Å²) in [6, 6.07) is 2.23. The van der Waals surface area contributed by atoms with E-state index in [0.29, 0.717) is 6.42 Å². The van der Waals surface area contributed by atoms with Crippen LogP contribution in [0.3, 0.4) is 0 Å². The number of oxime groups is 1. The Morgan fingerprint density at radius 3 is 2.75 bits per heavy atom. The van der Waals surface area contributed by atoms with Gasteiger partial charge in [-0.2, -0.15) is 5.10 Å². The van der Waals surface area contributed by atoms with Gasteiger partial charge in [-0.3, -0.25) is 4.68 Å². The summed E-state index contributed by atoms with van der Waals surface area (Å²) >= 11 is 0. The molecule has 1 atom stereocenters. The normalized spacial score (nSPS) is 14.1. The third kappa shape index (κ3) is 2.74. The second kappa shape index (κ2) is 5.53. The maximum atomic E-state index is 8.54. The molecular weight excluding hydrogens is 204 g/mol. The van der Waals surface area contributed by atoms with Crippen LogP contribution < -0.4 is 5.73 Å². The predicted octanol–water partition coefficient (Wildman–Crippen LogP) is 1.71. The van der Waals surface area contributed by atoms with Crippen LogP contribution in [0.5, 0.6) is 0 Å². The highest BCUT2D eigenvalue weighted by Crippen LogP contribution is 2.15. The molecule has 0 aliphatic heterocycles. The van der Waals surface area contributed by atoms with Gasteiger partial charge in [0.25, 0.3) is 0 Å². The quantitative estimate of drug-likeness (QED) is 0.346. The van der Waals surface area contributed by atoms with Crippen LogP contribution >= 0.6 is 0 Å². The van der Waals surface area contributed by atoms with Crippen LogP contribution in [0, 0.1) is 0 Å². The maximum Gasteiger partial charge on any atom is 0.141 e. The lowest BCUT2D eigenvalue weighted by molar-refractivity contribution is 0.315. The molecule has 0 saturated heterocycles. The van der Waals surface area contributed by atoms with E-state index in [2.05, 4.69) is 30.2 Å². The van der Waals surface area contributed by atoms with Gasteiger partial charge in [-0.1, -0.05) is 19.0 Å². The maximum absolute atomic E-state index is 8.54. The van der Waals surface area contributed by atoms with Gasteiger partial charge in [0.2, 0.25) is 0 Å². The van der Waals surface area contributed by atoms with Crippen LogP contribution in [0.1, 0.15) is 44.6 Å². The Hall–Kier alpha value is -1.52. The van der Waals surface area contributed by atoms with E-state index in [-0.39, 0.29) is 11.9 Å². The van der Waals surface area contributed by atoms with Crippen LogP contribution in [0.15, 0.2) is 11.2 Å². The lowest BCUT2D eigenvalue weighted by Crippen LogP contribution is -2.20. The molecule has 0 amide bonds. The zero-order valence-corrected chi connectivity index (χ0v) is 10.1. The molecule has 5 heteroatoms. The standard InChI is InChI=1S/C11H20N4O/c1-4-9-7-10(5-2)15(13-9)8(3)6-11(12)14-16/h7-8,16H,4-6H2,1-3H3,(H2,12,14). The van der Waals surface area contributed by atoms with Crippen molar-refractivity contribution in [3.05, 3.63) is 17.5 Å². The first-order valence-corrected chi connectivity index (χ1v) is 5.66. The smallest absolute Gasteiger partial charge is 0.141 e. The summed E-state index contributed by atoms with van der Waals surface area (Å²) in [5.74, 6) is 0.239. The molecule has 1 rings (SSSR count). The summed E-state index contributed by atoms with van der Waals surface area (Å²) in [6.45, 7) is 6.20. The minimum Gasteiger partial charge on any atom is -0.409 e. The number of aryl methyl sites for hydroxylation is 2. The van der Waals surface area contributed by atoms with Crippen LogP contribution in [0.25, 0.3) is 0 Å². The monoisotopic (exact) mass is 224 g/mol. The molecule has 0 fully saturated rings. The molecule has 1 aromatic rings. The second-order valence-corrected chi connectivity index (χ2v) is 3.92. The first-order chi connectivity index (χ1) is 7.62. The van der Waals surface area contributed by atoms with Gasteiger partial charge < -0.3 is 10.9 Å². The molecule has 1 aromatic heterocycles. The summed E-state index contributed by atoms with van der Waals surface area (Å²) in [5.41, 5.74) is 7.78. The van der Waals surface area contributed by atoms with E-state index in [4.69, 9.17) is 10.9 Å². The Balaban J connectivity index is 2.88. The van der Waals surface area contributed by atoms with Gasteiger partial charge >= 0.3 is 0 Å². The second-order valence-electron chi connectivity index (χ2n) is 3.92. The molecule has 1 heterocycles. The molecule has 3 N–H and O–H groups in total. The number of aromatic nitrogens is 2. The first-order valence-electron chi connectivity index (χ1n) is 5.66. The molecule has 0 bridgehead atoms. The summed E-state index contributed by atoms with van der Waals surface area (Å²) < 4.78 is 1.97. The van der Waals surface area contributed by atoms with Gasteiger partial charge in [-0.15, -0.1) is 0 Å². The average molecular weight is 224 g/mol. The molecule has 5 nitrogen and oxygen atoms in total. The summed E-state index contributed by atoms with van der Waals surface area (Å²) in [5, 5.41) is 16.0. The highest BCUT2D eigenvalue weighted by atomic mass is 16.4. The van der Waals surface area contributed by atoms with Gasteiger partial charge in [0, 0.05) is 12.1 Å². The van der Waals surface area contributed by atoms with E-state index in [1.54, 1.807) is 0 Å². The number of hydrogen-bond acceptors (Lipinski definition) is 3. The Labute approximate surface area is 95.9 Å². The highest BCUT2D eigenvalue weighted by Gasteiger charge is 2.13. The van der Waals surface area contributed by atoms with Gasteiger partial charge in [-0.05, 0) is 25.8 Å². The molecule has 0 radical (unpaired) electrons. The van der Waals surface area contributed by atoms with E-state index in [9.17, 15) is 0 Å². The fourth-order valence-corrected chi connectivity index (χ4v) is 1.74. The van der Waals surface area contributed by atoms with Gasteiger partial charge in [0.05, 0.1) is 11.7 Å². The molecule has 0 aliphatic rings. The predicted molar refractivity (Wildman–Crippen MR) is 63.7 cm³/mol. The van der Waals surface area contributed by atoms with Crippen molar-refractivity contribution in [1.82, 2.24) is 9.78 Å². The molecule has 0 aromatic carbocycles. The van der Waals surface area contributed by atoms with Crippen LogP contribution in [-0.2, 0) is 12.8 Å². The summed E-state index contributed by atoms with van der Waals surface area (Å²) in [7, 11) is 0. The number of amidine groups is 1. The molecule has 0 spiro atoms. The van der Waals surface area contributed by atoms with E-state index in [1.807, 2.05) is 11.6 Å². The SMILES string of the molecule is CCc1cc(CC)n(C(C)C/C(N)=N/O)n1. The van der Waals surface area contributed by atoms with Crippen LogP contribution in [0.2, 0.25) is 0 Å². The molecule has 16 heavy (non-hydrogen) atoms. The van der Waals surface area contributed by atoms with E-state index in [0.717, 1.165) is 18.5 Å². The third-order valence-electron chi connectivity index (χ3n) is 2.64. The largest absolute Gasteiger partial charge is 0.409 e. The van der Waals surface area contributed by atoms with Crippen LogP contribution in [0.4, 0.5) is 0 Å². The molecular formula is C11H20N4O. The topological polar surface area (TPSA) is 76.4 Å². The van der Waals surface area contributed by atoms with Crippen molar-refractivity contribution in [3.8, 4) is 0 Å². The first kappa shape index (κ1) is 12.5. The Morgan fingerprint density at radius 2 is 2.25 bits per heavy atom. The molecule has 90 valence electrons. The van der Waals surface area contributed by atoms with Crippen molar-refractivity contribution in [2.45, 2.75) is 46.1 Å². The van der Waals surface area contributed by atoms with Crippen molar-refractivity contribution in [1.29, 1.82) is 0 Å². The fraction of sp³-hybridized carbons (Fsp3) is 0.636. The lowest BCUT2D eigenvalue weighted by Gasteiger charge is -2.14. The van der Waals surface area contributed by atoms with Crippen molar-refractivity contribution < 1.29 is 5.21 Å². The molecule has 0 saturated carbocycles. The Kier molecular flexibility index (Phi) is 4.34. The zero-order valence-electron chi connectivity index (χ0n) is 10.1. The summed E-state index contributed by atoms with van der Waals surface area (Å²) in [6.07, 6.45) is 2.37. The van der Waals surface area contributed by atoms with Crippen molar-refractivity contribution >= 4 is 5.84 Å². The minimum absolute atomic E-state index is 0.117. The van der Waals surface area contributed by atoms with E-state index >= 15 is 0 Å². The highest BCUT2D eigenvalue weighted by molar-refractivity contribution is 5.79. The number of hydrogen-bond donors (Lipinski definition) is 2. The zero-order chi connectivity index (χ0) is 12.1. The number of nitrogens with two attached hydrogens (primary N) is 1. The molecule has 1 unspecified atom stereocenters. The van der Waals surface area contributed by atoms with Gasteiger partial charge in [0.15, 0.2) is 0 Å². The van der Waals surface area contributed by atoms with Gasteiger partial charge in [-0.25, -0.2) is 0 Å². The third-order valence-corrected chi connectivity index (χ3v) is 2.64. The Bertz CT molecular complexity index is 370. The van der Waals surface area contributed by atoms with E-state index < -0.39 is 0 Å². The average Bonchev–Trinajstić information content (AvgIpc) is 2.71. The fourth-order valence-electron chi connectivity index (χ4n) is 1.74.